The molecule has 1 heterocycles. The number of benzene rings is 1. The number of hydrogen-bond acceptors (Lipinski definition) is 5. The highest BCUT2D eigenvalue weighted by Gasteiger charge is 2.05. The summed E-state index contributed by atoms with van der Waals surface area (Å²) in [5, 5.41) is 7.46. The number of hydrogen-bond donors (Lipinski definition) is 1. The van der Waals surface area contributed by atoms with E-state index in [9.17, 15) is 4.39 Å². The van der Waals surface area contributed by atoms with Crippen molar-refractivity contribution in [3.63, 3.8) is 0 Å². The van der Waals surface area contributed by atoms with Crippen LogP contribution in [0, 0.1) is 12.7 Å². The Hall–Kier alpha value is -1.95. The lowest BCUT2D eigenvalue weighted by Gasteiger charge is -2.06. The molecule has 0 bridgehead atoms. The van der Waals surface area contributed by atoms with Crippen molar-refractivity contribution < 1.29 is 13.5 Å². The summed E-state index contributed by atoms with van der Waals surface area (Å²) >= 11 is 0. The fraction of sp³-hybridized carbons (Fsp3) is 0.333. The monoisotopic (exact) mass is 251 g/mol. The number of nitrogens with zero attached hydrogens (tertiary/aromatic N) is 2. The van der Waals surface area contributed by atoms with Crippen molar-refractivity contribution in [3.8, 4) is 5.75 Å². The van der Waals surface area contributed by atoms with E-state index in [0.29, 0.717) is 30.5 Å². The van der Waals surface area contributed by atoms with Gasteiger partial charge in [0.2, 0.25) is 5.89 Å². The highest BCUT2D eigenvalue weighted by molar-refractivity contribution is 5.29. The molecule has 2 N–H and O–H groups in total. The second kappa shape index (κ2) is 5.59. The van der Waals surface area contributed by atoms with Crippen molar-refractivity contribution in [2.24, 2.45) is 5.73 Å². The van der Waals surface area contributed by atoms with Crippen LogP contribution in [0.2, 0.25) is 0 Å². The minimum Gasteiger partial charge on any atom is -0.484 e. The first-order valence-electron chi connectivity index (χ1n) is 5.58. The summed E-state index contributed by atoms with van der Waals surface area (Å²) < 4.78 is 23.9. The van der Waals surface area contributed by atoms with Crippen molar-refractivity contribution >= 4 is 0 Å². The standard InChI is InChI=1S/C12H14FN3O2/c1-8-15-16-12(18-8)7-17-11-5-9(2-3-14)4-10(13)6-11/h4-6H,2-3,7,14H2,1H3. The predicted octanol–water partition coefficient (Wildman–Crippen LogP) is 1.60. The van der Waals surface area contributed by atoms with Gasteiger partial charge >= 0.3 is 0 Å². The summed E-state index contributed by atoms with van der Waals surface area (Å²) in [6.45, 7) is 2.27. The second-order valence-corrected chi connectivity index (χ2v) is 3.84. The van der Waals surface area contributed by atoms with E-state index in [1.54, 1.807) is 13.0 Å². The lowest BCUT2D eigenvalue weighted by Crippen LogP contribution is -2.04. The Bertz CT molecular complexity index is 528. The van der Waals surface area contributed by atoms with Crippen LogP contribution in [0.15, 0.2) is 22.6 Å². The Labute approximate surface area is 104 Å². The van der Waals surface area contributed by atoms with Gasteiger partial charge in [0, 0.05) is 13.0 Å². The third kappa shape index (κ3) is 3.27. The molecule has 0 saturated carbocycles. The lowest BCUT2D eigenvalue weighted by molar-refractivity contribution is 0.259. The Kier molecular flexibility index (Phi) is 3.88. The summed E-state index contributed by atoms with van der Waals surface area (Å²) in [5.41, 5.74) is 6.23. The van der Waals surface area contributed by atoms with Crippen LogP contribution in [-0.2, 0) is 13.0 Å². The number of rotatable bonds is 5. The van der Waals surface area contributed by atoms with Crippen molar-refractivity contribution in [3.05, 3.63) is 41.4 Å². The molecule has 2 aromatic rings. The molecule has 0 aliphatic heterocycles. The zero-order valence-corrected chi connectivity index (χ0v) is 10.0. The molecule has 1 aromatic heterocycles. The Morgan fingerprint density at radius 3 is 2.83 bits per heavy atom. The van der Waals surface area contributed by atoms with Crippen molar-refractivity contribution in [1.29, 1.82) is 0 Å². The normalized spacial score (nSPS) is 10.6. The van der Waals surface area contributed by atoms with Crippen LogP contribution in [0.3, 0.4) is 0 Å². The zero-order valence-electron chi connectivity index (χ0n) is 10.0. The van der Waals surface area contributed by atoms with Crippen LogP contribution in [0.25, 0.3) is 0 Å². The SMILES string of the molecule is Cc1nnc(COc2cc(F)cc(CCN)c2)o1. The molecule has 0 aliphatic carbocycles. The molecule has 18 heavy (non-hydrogen) atoms. The summed E-state index contributed by atoms with van der Waals surface area (Å²) in [6.07, 6.45) is 0.605. The van der Waals surface area contributed by atoms with Crippen LogP contribution in [-0.4, -0.2) is 16.7 Å². The van der Waals surface area contributed by atoms with Gasteiger partial charge in [-0.1, -0.05) is 0 Å². The summed E-state index contributed by atoms with van der Waals surface area (Å²) in [4.78, 5) is 0. The Morgan fingerprint density at radius 1 is 1.33 bits per heavy atom. The molecule has 0 atom stereocenters. The van der Waals surface area contributed by atoms with Gasteiger partial charge in [0.15, 0.2) is 6.61 Å². The third-order valence-corrected chi connectivity index (χ3v) is 2.29. The first-order valence-corrected chi connectivity index (χ1v) is 5.58. The zero-order chi connectivity index (χ0) is 13.0. The summed E-state index contributed by atoms with van der Waals surface area (Å²) in [5.74, 6) is 0.903. The van der Waals surface area contributed by atoms with Gasteiger partial charge in [0.05, 0.1) is 0 Å². The first-order chi connectivity index (χ1) is 8.67. The molecule has 96 valence electrons. The van der Waals surface area contributed by atoms with E-state index in [-0.39, 0.29) is 12.4 Å². The quantitative estimate of drug-likeness (QED) is 0.873. The Balaban J connectivity index is 2.04. The van der Waals surface area contributed by atoms with Crippen molar-refractivity contribution in [1.82, 2.24) is 10.2 Å². The highest BCUT2D eigenvalue weighted by atomic mass is 19.1. The van der Waals surface area contributed by atoms with Crippen LogP contribution >= 0.6 is 0 Å². The van der Waals surface area contributed by atoms with Crippen molar-refractivity contribution in [2.45, 2.75) is 20.0 Å². The smallest absolute Gasteiger partial charge is 0.253 e. The molecule has 5 nitrogen and oxygen atoms in total. The van der Waals surface area contributed by atoms with Gasteiger partial charge in [-0.05, 0) is 30.7 Å². The predicted molar refractivity (Wildman–Crippen MR) is 62.5 cm³/mol. The summed E-state index contributed by atoms with van der Waals surface area (Å²) in [6, 6.07) is 4.50. The molecule has 0 aliphatic rings. The van der Waals surface area contributed by atoms with Gasteiger partial charge < -0.3 is 14.9 Å². The number of nitrogens with two attached hydrogens (primary N) is 1. The number of aromatic nitrogens is 2. The minimum atomic E-state index is -0.349. The first kappa shape index (κ1) is 12.5. The number of ether oxygens (including phenoxy) is 1. The summed E-state index contributed by atoms with van der Waals surface area (Å²) in [7, 11) is 0. The molecule has 0 saturated heterocycles. The number of aryl methyl sites for hydroxylation is 1. The van der Waals surface area contributed by atoms with E-state index in [1.165, 1.54) is 12.1 Å². The Morgan fingerprint density at radius 2 is 2.17 bits per heavy atom. The lowest BCUT2D eigenvalue weighted by atomic mass is 10.1. The molecule has 0 spiro atoms. The van der Waals surface area contributed by atoms with Gasteiger partial charge in [-0.3, -0.25) is 0 Å². The molecular weight excluding hydrogens is 237 g/mol. The van der Waals surface area contributed by atoms with Crippen LogP contribution in [0.5, 0.6) is 5.75 Å². The van der Waals surface area contributed by atoms with E-state index < -0.39 is 0 Å². The van der Waals surface area contributed by atoms with E-state index >= 15 is 0 Å². The van der Waals surface area contributed by atoms with Gasteiger partial charge in [0.25, 0.3) is 5.89 Å². The van der Waals surface area contributed by atoms with E-state index in [0.717, 1.165) is 5.56 Å². The van der Waals surface area contributed by atoms with E-state index in [1.807, 2.05) is 0 Å². The molecule has 0 radical (unpaired) electrons. The van der Waals surface area contributed by atoms with E-state index in [2.05, 4.69) is 10.2 Å². The topological polar surface area (TPSA) is 74.2 Å². The van der Waals surface area contributed by atoms with Gasteiger partial charge in [-0.25, -0.2) is 4.39 Å². The van der Waals surface area contributed by atoms with E-state index in [4.69, 9.17) is 14.9 Å². The minimum absolute atomic E-state index is 0.117. The largest absolute Gasteiger partial charge is 0.484 e. The maximum absolute atomic E-state index is 13.3. The average Bonchev–Trinajstić information content (AvgIpc) is 2.72. The van der Waals surface area contributed by atoms with Gasteiger partial charge in [0.1, 0.15) is 11.6 Å². The number of halogens is 1. The fourth-order valence-corrected chi connectivity index (χ4v) is 1.56. The molecule has 6 heteroatoms. The van der Waals surface area contributed by atoms with Crippen LogP contribution in [0.4, 0.5) is 4.39 Å². The molecule has 0 fully saturated rings. The fourth-order valence-electron chi connectivity index (χ4n) is 1.56. The van der Waals surface area contributed by atoms with Crippen LogP contribution in [0.1, 0.15) is 17.3 Å². The van der Waals surface area contributed by atoms with Crippen molar-refractivity contribution in [2.75, 3.05) is 6.54 Å². The average molecular weight is 251 g/mol. The maximum Gasteiger partial charge on any atom is 0.253 e. The van der Waals surface area contributed by atoms with Gasteiger partial charge in [-0.15, -0.1) is 10.2 Å². The third-order valence-electron chi connectivity index (χ3n) is 2.29. The van der Waals surface area contributed by atoms with Crippen LogP contribution < -0.4 is 10.5 Å². The second-order valence-electron chi connectivity index (χ2n) is 3.84. The molecule has 0 amide bonds. The molecule has 0 unspecified atom stereocenters. The highest BCUT2D eigenvalue weighted by Crippen LogP contribution is 2.18. The van der Waals surface area contributed by atoms with Gasteiger partial charge in [-0.2, -0.15) is 0 Å². The molecular formula is C12H14FN3O2. The molecule has 2 rings (SSSR count). The molecule has 1 aromatic carbocycles. The maximum atomic E-state index is 13.3.